The SMILES string of the molecule is O=C(COc1ccc(-n2cccc2)cc1)c1ccccc1O. The van der Waals surface area contributed by atoms with Crippen LogP contribution in [-0.4, -0.2) is 22.1 Å². The van der Waals surface area contributed by atoms with Gasteiger partial charge in [-0.2, -0.15) is 0 Å². The number of aromatic nitrogens is 1. The minimum atomic E-state index is -0.257. The maximum Gasteiger partial charge on any atom is 0.203 e. The van der Waals surface area contributed by atoms with Gasteiger partial charge in [-0.15, -0.1) is 0 Å². The van der Waals surface area contributed by atoms with Crippen molar-refractivity contribution in [2.24, 2.45) is 0 Å². The van der Waals surface area contributed by atoms with E-state index in [1.54, 1.807) is 18.2 Å². The number of nitrogens with zero attached hydrogens (tertiary/aromatic N) is 1. The molecule has 22 heavy (non-hydrogen) atoms. The lowest BCUT2D eigenvalue weighted by atomic mass is 10.1. The summed E-state index contributed by atoms with van der Waals surface area (Å²) in [5, 5.41) is 9.64. The molecule has 1 N–H and O–H groups in total. The van der Waals surface area contributed by atoms with Gasteiger partial charge >= 0.3 is 0 Å². The second-order valence-electron chi connectivity index (χ2n) is 4.81. The highest BCUT2D eigenvalue weighted by Crippen LogP contribution is 2.18. The molecule has 3 rings (SSSR count). The number of ketones is 1. The summed E-state index contributed by atoms with van der Waals surface area (Å²) in [6.45, 7) is -0.111. The van der Waals surface area contributed by atoms with E-state index in [0.717, 1.165) is 5.69 Å². The van der Waals surface area contributed by atoms with Crippen LogP contribution >= 0.6 is 0 Å². The Kier molecular flexibility index (Phi) is 3.92. The van der Waals surface area contributed by atoms with Crippen molar-refractivity contribution in [3.63, 3.8) is 0 Å². The second-order valence-corrected chi connectivity index (χ2v) is 4.81. The van der Waals surface area contributed by atoms with Crippen molar-refractivity contribution in [2.75, 3.05) is 6.61 Å². The van der Waals surface area contributed by atoms with Gasteiger partial charge in [0.1, 0.15) is 11.5 Å². The molecule has 1 aromatic heterocycles. The Morgan fingerprint density at radius 2 is 1.64 bits per heavy atom. The van der Waals surface area contributed by atoms with Crippen LogP contribution in [0.2, 0.25) is 0 Å². The number of carbonyl (C=O) groups is 1. The molecule has 0 aliphatic carbocycles. The van der Waals surface area contributed by atoms with Crippen LogP contribution in [0, 0.1) is 0 Å². The number of phenolic OH excluding ortho intramolecular Hbond substituents is 1. The van der Waals surface area contributed by atoms with Crippen molar-refractivity contribution in [3.05, 3.63) is 78.6 Å². The fourth-order valence-electron chi connectivity index (χ4n) is 2.16. The molecule has 0 amide bonds. The van der Waals surface area contributed by atoms with E-state index in [1.807, 2.05) is 53.4 Å². The van der Waals surface area contributed by atoms with Gasteiger partial charge in [-0.25, -0.2) is 0 Å². The molecular weight excluding hydrogens is 278 g/mol. The fraction of sp³-hybridized carbons (Fsp3) is 0.0556. The zero-order chi connectivity index (χ0) is 15.4. The van der Waals surface area contributed by atoms with Crippen LogP contribution in [0.15, 0.2) is 73.1 Å². The number of aromatic hydroxyl groups is 1. The summed E-state index contributed by atoms with van der Waals surface area (Å²) in [5.74, 6) is 0.325. The Morgan fingerprint density at radius 1 is 0.955 bits per heavy atom. The number of rotatable bonds is 5. The highest BCUT2D eigenvalue weighted by atomic mass is 16.5. The van der Waals surface area contributed by atoms with Crippen LogP contribution in [0.4, 0.5) is 0 Å². The predicted molar refractivity (Wildman–Crippen MR) is 83.7 cm³/mol. The minimum absolute atomic E-state index is 0.0287. The fourth-order valence-corrected chi connectivity index (χ4v) is 2.16. The third-order valence-electron chi connectivity index (χ3n) is 3.31. The second kappa shape index (κ2) is 6.18. The quantitative estimate of drug-likeness (QED) is 0.733. The maximum atomic E-state index is 12.0. The van der Waals surface area contributed by atoms with Crippen molar-refractivity contribution < 1.29 is 14.6 Å². The Morgan fingerprint density at radius 3 is 2.32 bits per heavy atom. The molecule has 0 aliphatic rings. The van der Waals surface area contributed by atoms with Gasteiger partial charge in [0, 0.05) is 18.1 Å². The molecule has 0 bridgehead atoms. The standard InChI is InChI=1S/C18H15NO3/c20-17-6-2-1-5-16(17)18(21)13-22-15-9-7-14(8-10-15)19-11-3-4-12-19/h1-12,20H,13H2. The number of hydrogen-bond acceptors (Lipinski definition) is 3. The largest absolute Gasteiger partial charge is 0.507 e. The van der Waals surface area contributed by atoms with Crippen LogP contribution in [0.3, 0.4) is 0 Å². The summed E-state index contributed by atoms with van der Waals surface area (Å²) in [6.07, 6.45) is 3.91. The predicted octanol–water partition coefficient (Wildman–Crippen LogP) is 3.44. The van der Waals surface area contributed by atoms with Crippen LogP contribution in [-0.2, 0) is 0 Å². The molecule has 0 spiro atoms. The molecule has 110 valence electrons. The molecule has 4 nitrogen and oxygen atoms in total. The van der Waals surface area contributed by atoms with Gasteiger partial charge < -0.3 is 14.4 Å². The van der Waals surface area contributed by atoms with E-state index in [9.17, 15) is 9.90 Å². The third-order valence-corrected chi connectivity index (χ3v) is 3.31. The molecule has 1 heterocycles. The average Bonchev–Trinajstić information content (AvgIpc) is 3.08. The number of para-hydroxylation sites is 1. The first kappa shape index (κ1) is 13.9. The monoisotopic (exact) mass is 293 g/mol. The molecule has 3 aromatic rings. The van der Waals surface area contributed by atoms with Gasteiger partial charge in [0.05, 0.1) is 5.56 Å². The normalized spacial score (nSPS) is 10.4. The molecule has 0 saturated heterocycles. The maximum absolute atomic E-state index is 12.0. The summed E-state index contributed by atoms with van der Waals surface area (Å²) >= 11 is 0. The molecule has 0 atom stereocenters. The summed E-state index contributed by atoms with van der Waals surface area (Å²) < 4.78 is 7.46. The number of carbonyl (C=O) groups excluding carboxylic acids is 1. The van der Waals surface area contributed by atoms with E-state index in [2.05, 4.69) is 0 Å². The van der Waals surface area contributed by atoms with E-state index >= 15 is 0 Å². The van der Waals surface area contributed by atoms with Crippen molar-refractivity contribution in [1.82, 2.24) is 4.57 Å². The minimum Gasteiger partial charge on any atom is -0.507 e. The lowest BCUT2D eigenvalue weighted by Gasteiger charge is -2.08. The van der Waals surface area contributed by atoms with Gasteiger partial charge in [-0.1, -0.05) is 12.1 Å². The van der Waals surface area contributed by atoms with Crippen LogP contribution in [0.1, 0.15) is 10.4 Å². The number of ether oxygens (including phenoxy) is 1. The van der Waals surface area contributed by atoms with Crippen molar-refractivity contribution >= 4 is 5.78 Å². The molecule has 0 fully saturated rings. The van der Waals surface area contributed by atoms with Crippen LogP contribution < -0.4 is 4.74 Å². The number of hydrogen-bond donors (Lipinski definition) is 1. The molecule has 0 aliphatic heterocycles. The van der Waals surface area contributed by atoms with Gasteiger partial charge in [-0.05, 0) is 48.5 Å². The van der Waals surface area contributed by atoms with Gasteiger partial charge in [0.15, 0.2) is 6.61 Å². The topological polar surface area (TPSA) is 51.5 Å². The highest BCUT2D eigenvalue weighted by Gasteiger charge is 2.11. The van der Waals surface area contributed by atoms with Crippen LogP contribution in [0.5, 0.6) is 11.5 Å². The molecular formula is C18H15NO3. The Labute approximate surface area is 128 Å². The first-order valence-corrected chi connectivity index (χ1v) is 6.91. The molecule has 0 unspecified atom stereocenters. The van der Waals surface area contributed by atoms with Crippen LogP contribution in [0.25, 0.3) is 5.69 Å². The summed E-state index contributed by atoms with van der Waals surface area (Å²) in [6, 6.07) is 17.8. The Bertz CT molecular complexity index is 761. The van der Waals surface area contributed by atoms with E-state index < -0.39 is 0 Å². The van der Waals surface area contributed by atoms with Crippen molar-refractivity contribution in [2.45, 2.75) is 0 Å². The molecule has 0 radical (unpaired) electrons. The Balaban J connectivity index is 1.64. The zero-order valence-corrected chi connectivity index (χ0v) is 11.8. The lowest BCUT2D eigenvalue weighted by molar-refractivity contribution is 0.0919. The Hall–Kier alpha value is -3.01. The van der Waals surface area contributed by atoms with E-state index in [0.29, 0.717) is 5.75 Å². The zero-order valence-electron chi connectivity index (χ0n) is 11.8. The van der Waals surface area contributed by atoms with Gasteiger partial charge in [0.25, 0.3) is 0 Å². The summed E-state index contributed by atoms with van der Waals surface area (Å²) in [7, 11) is 0. The van der Waals surface area contributed by atoms with E-state index in [4.69, 9.17) is 4.74 Å². The van der Waals surface area contributed by atoms with Crippen molar-refractivity contribution in [3.8, 4) is 17.2 Å². The first-order chi connectivity index (χ1) is 10.7. The average molecular weight is 293 g/mol. The highest BCUT2D eigenvalue weighted by molar-refractivity contribution is 5.99. The number of phenols is 1. The smallest absolute Gasteiger partial charge is 0.203 e. The molecule has 0 saturated carbocycles. The number of benzene rings is 2. The van der Waals surface area contributed by atoms with Gasteiger partial charge in [-0.3, -0.25) is 4.79 Å². The van der Waals surface area contributed by atoms with Crippen molar-refractivity contribution in [1.29, 1.82) is 0 Å². The van der Waals surface area contributed by atoms with E-state index in [-0.39, 0.29) is 23.7 Å². The number of Topliss-reactive ketones (excluding diaryl/α,β-unsaturated/α-hetero) is 1. The molecule has 4 heteroatoms. The van der Waals surface area contributed by atoms with Gasteiger partial charge in [0.2, 0.25) is 5.78 Å². The van der Waals surface area contributed by atoms with E-state index in [1.165, 1.54) is 6.07 Å². The third kappa shape index (κ3) is 3.01. The summed E-state index contributed by atoms with van der Waals surface area (Å²) in [5.41, 5.74) is 1.29. The lowest BCUT2D eigenvalue weighted by Crippen LogP contribution is -2.11. The first-order valence-electron chi connectivity index (χ1n) is 6.91. The molecule has 2 aromatic carbocycles. The summed E-state index contributed by atoms with van der Waals surface area (Å²) in [4.78, 5) is 12.0.